The maximum atomic E-state index is 12.5. The lowest BCUT2D eigenvalue weighted by molar-refractivity contribution is -0.117. The van der Waals surface area contributed by atoms with E-state index < -0.39 is 0 Å². The molecule has 0 atom stereocenters. The van der Waals surface area contributed by atoms with Crippen LogP contribution in [0, 0.1) is 6.92 Å². The van der Waals surface area contributed by atoms with E-state index in [1.54, 1.807) is 0 Å². The third kappa shape index (κ3) is 2.27. The zero-order valence-corrected chi connectivity index (χ0v) is 11.6. The van der Waals surface area contributed by atoms with Gasteiger partial charge in [0.2, 0.25) is 5.91 Å². The van der Waals surface area contributed by atoms with Gasteiger partial charge in [-0.15, -0.1) is 0 Å². The van der Waals surface area contributed by atoms with Crippen LogP contribution < -0.4 is 10.6 Å². The predicted octanol–water partition coefficient (Wildman–Crippen LogP) is 2.71. The summed E-state index contributed by atoms with van der Waals surface area (Å²) >= 11 is 0. The molecule has 3 nitrogen and oxygen atoms in total. The highest BCUT2D eigenvalue weighted by atomic mass is 16.2. The summed E-state index contributed by atoms with van der Waals surface area (Å²) in [5, 5.41) is 0. The van der Waals surface area contributed by atoms with Crippen molar-refractivity contribution >= 4 is 17.3 Å². The van der Waals surface area contributed by atoms with E-state index in [9.17, 15) is 4.79 Å². The van der Waals surface area contributed by atoms with Gasteiger partial charge >= 0.3 is 0 Å². The number of amides is 1. The van der Waals surface area contributed by atoms with E-state index in [0.717, 1.165) is 35.5 Å². The van der Waals surface area contributed by atoms with Gasteiger partial charge in [0.1, 0.15) is 0 Å². The van der Waals surface area contributed by atoms with E-state index in [1.165, 1.54) is 5.56 Å². The fourth-order valence-corrected chi connectivity index (χ4v) is 2.70. The summed E-state index contributed by atoms with van der Waals surface area (Å²) in [6.07, 6.45) is 1.29. The number of nitrogens with two attached hydrogens (primary N) is 1. The average Bonchev–Trinajstić information content (AvgIpc) is 2.87. The van der Waals surface area contributed by atoms with Crippen LogP contribution in [-0.4, -0.2) is 12.5 Å². The minimum absolute atomic E-state index is 0.137. The van der Waals surface area contributed by atoms with Crippen molar-refractivity contribution in [3.8, 4) is 0 Å². The monoisotopic (exact) mass is 266 g/mol. The molecule has 0 unspecified atom stereocenters. The SMILES string of the molecule is Cc1ccc(CC(=O)N2CCc3c(N)cccc32)cc1. The lowest BCUT2D eigenvalue weighted by Gasteiger charge is -2.17. The van der Waals surface area contributed by atoms with Crippen molar-refractivity contribution in [2.75, 3.05) is 17.2 Å². The van der Waals surface area contributed by atoms with Gasteiger partial charge in [0.25, 0.3) is 0 Å². The molecule has 0 fully saturated rings. The van der Waals surface area contributed by atoms with Gasteiger partial charge in [-0.25, -0.2) is 0 Å². The van der Waals surface area contributed by atoms with Crippen molar-refractivity contribution in [2.45, 2.75) is 19.8 Å². The minimum Gasteiger partial charge on any atom is -0.398 e. The van der Waals surface area contributed by atoms with Gasteiger partial charge in [-0.2, -0.15) is 0 Å². The number of benzene rings is 2. The number of hydrogen-bond acceptors (Lipinski definition) is 2. The number of hydrogen-bond donors (Lipinski definition) is 1. The molecule has 0 radical (unpaired) electrons. The third-order valence-corrected chi connectivity index (χ3v) is 3.84. The topological polar surface area (TPSA) is 46.3 Å². The molecule has 0 saturated heterocycles. The van der Waals surface area contributed by atoms with Gasteiger partial charge in [0.15, 0.2) is 0 Å². The van der Waals surface area contributed by atoms with E-state index in [4.69, 9.17) is 5.73 Å². The maximum Gasteiger partial charge on any atom is 0.231 e. The Morgan fingerprint density at radius 1 is 1.20 bits per heavy atom. The number of carbonyl (C=O) groups is 1. The molecule has 0 bridgehead atoms. The molecule has 2 aromatic carbocycles. The van der Waals surface area contributed by atoms with Crippen LogP contribution in [0.15, 0.2) is 42.5 Å². The van der Waals surface area contributed by atoms with Crippen molar-refractivity contribution in [1.29, 1.82) is 0 Å². The lowest BCUT2D eigenvalue weighted by atomic mass is 10.1. The molecule has 1 heterocycles. The number of nitrogens with zero attached hydrogens (tertiary/aromatic N) is 1. The van der Waals surface area contributed by atoms with Gasteiger partial charge in [-0.1, -0.05) is 35.9 Å². The molecular weight excluding hydrogens is 248 g/mol. The van der Waals surface area contributed by atoms with Crippen LogP contribution in [0.1, 0.15) is 16.7 Å². The smallest absolute Gasteiger partial charge is 0.231 e. The Bertz CT molecular complexity index is 647. The van der Waals surface area contributed by atoms with Gasteiger partial charge in [0, 0.05) is 23.5 Å². The number of aryl methyl sites for hydroxylation is 1. The van der Waals surface area contributed by atoms with Gasteiger partial charge in [0.05, 0.1) is 6.42 Å². The third-order valence-electron chi connectivity index (χ3n) is 3.84. The average molecular weight is 266 g/mol. The molecule has 0 spiro atoms. The number of anilines is 2. The molecule has 102 valence electrons. The van der Waals surface area contributed by atoms with E-state index in [1.807, 2.05) is 54.3 Å². The standard InChI is InChI=1S/C17H18N2O/c1-12-5-7-13(8-6-12)11-17(20)19-10-9-14-15(18)3-2-4-16(14)19/h2-8H,9-11,18H2,1H3. The second-order valence-electron chi connectivity index (χ2n) is 5.30. The van der Waals surface area contributed by atoms with Gasteiger partial charge in [-0.05, 0) is 31.0 Å². The van der Waals surface area contributed by atoms with Crippen molar-refractivity contribution in [1.82, 2.24) is 0 Å². The van der Waals surface area contributed by atoms with E-state index in [-0.39, 0.29) is 5.91 Å². The fourth-order valence-electron chi connectivity index (χ4n) is 2.70. The Hall–Kier alpha value is -2.29. The first kappa shape index (κ1) is 12.7. The Kier molecular flexibility index (Phi) is 3.18. The maximum absolute atomic E-state index is 12.5. The molecule has 0 aromatic heterocycles. The summed E-state index contributed by atoms with van der Waals surface area (Å²) in [6.45, 7) is 2.78. The van der Waals surface area contributed by atoms with Gasteiger partial charge < -0.3 is 10.6 Å². The summed E-state index contributed by atoms with van der Waals surface area (Å²) in [5.74, 6) is 0.137. The highest BCUT2D eigenvalue weighted by Gasteiger charge is 2.25. The first-order valence-corrected chi connectivity index (χ1v) is 6.88. The van der Waals surface area contributed by atoms with Crippen LogP contribution in [0.5, 0.6) is 0 Å². The van der Waals surface area contributed by atoms with Crippen LogP contribution in [0.4, 0.5) is 11.4 Å². The van der Waals surface area contributed by atoms with Crippen molar-refractivity contribution in [3.05, 3.63) is 59.2 Å². The number of rotatable bonds is 2. The number of fused-ring (bicyclic) bond motifs is 1. The van der Waals surface area contributed by atoms with E-state index >= 15 is 0 Å². The predicted molar refractivity (Wildman–Crippen MR) is 81.8 cm³/mol. The number of nitrogen functional groups attached to an aromatic ring is 1. The molecule has 1 aliphatic heterocycles. The van der Waals surface area contributed by atoms with Crippen LogP contribution in [0.25, 0.3) is 0 Å². The zero-order chi connectivity index (χ0) is 14.1. The lowest BCUT2D eigenvalue weighted by Crippen LogP contribution is -2.30. The Labute approximate surface area is 119 Å². The quantitative estimate of drug-likeness (QED) is 0.849. The van der Waals surface area contributed by atoms with E-state index in [2.05, 4.69) is 0 Å². The molecule has 2 N–H and O–H groups in total. The first-order valence-electron chi connectivity index (χ1n) is 6.88. The number of carbonyl (C=O) groups excluding carboxylic acids is 1. The highest BCUT2D eigenvalue weighted by molar-refractivity contribution is 5.97. The summed E-state index contributed by atoms with van der Waals surface area (Å²) in [6, 6.07) is 13.9. The molecule has 1 amide bonds. The van der Waals surface area contributed by atoms with Crippen molar-refractivity contribution < 1.29 is 4.79 Å². The Balaban J connectivity index is 1.80. The fraction of sp³-hybridized carbons (Fsp3) is 0.235. The molecule has 1 aliphatic rings. The molecular formula is C17H18N2O. The van der Waals surface area contributed by atoms with E-state index in [0.29, 0.717) is 6.42 Å². The molecule has 0 aliphatic carbocycles. The molecule has 3 rings (SSSR count). The van der Waals surface area contributed by atoms with Gasteiger partial charge in [-0.3, -0.25) is 4.79 Å². The Morgan fingerprint density at radius 2 is 1.95 bits per heavy atom. The van der Waals surface area contributed by atoms with Crippen LogP contribution in [0.2, 0.25) is 0 Å². The normalized spacial score (nSPS) is 13.3. The van der Waals surface area contributed by atoms with Crippen LogP contribution >= 0.6 is 0 Å². The molecule has 20 heavy (non-hydrogen) atoms. The van der Waals surface area contributed by atoms with Crippen molar-refractivity contribution in [2.24, 2.45) is 0 Å². The summed E-state index contributed by atoms with van der Waals surface area (Å²) in [5.41, 5.74) is 11.1. The zero-order valence-electron chi connectivity index (χ0n) is 11.6. The van der Waals surface area contributed by atoms with Crippen molar-refractivity contribution in [3.63, 3.8) is 0 Å². The highest BCUT2D eigenvalue weighted by Crippen LogP contribution is 2.32. The second kappa shape index (κ2) is 5.00. The largest absolute Gasteiger partial charge is 0.398 e. The van der Waals surface area contributed by atoms with Crippen LogP contribution in [-0.2, 0) is 17.6 Å². The molecule has 3 heteroatoms. The Morgan fingerprint density at radius 3 is 2.70 bits per heavy atom. The summed E-state index contributed by atoms with van der Waals surface area (Å²) < 4.78 is 0. The second-order valence-corrected chi connectivity index (χ2v) is 5.30. The minimum atomic E-state index is 0.137. The first-order chi connectivity index (χ1) is 9.65. The van der Waals surface area contributed by atoms with Crippen LogP contribution in [0.3, 0.4) is 0 Å². The summed E-state index contributed by atoms with van der Waals surface area (Å²) in [7, 11) is 0. The molecule has 2 aromatic rings. The summed E-state index contributed by atoms with van der Waals surface area (Å²) in [4.78, 5) is 14.3. The molecule has 0 saturated carbocycles.